The predicted octanol–water partition coefficient (Wildman–Crippen LogP) is 2.04. The minimum Gasteiger partial charge on any atom is -0.452 e. The van der Waals surface area contributed by atoms with E-state index in [-0.39, 0.29) is 18.1 Å². The number of halogens is 1. The average molecular weight is 469 g/mol. The van der Waals surface area contributed by atoms with Crippen LogP contribution in [0.15, 0.2) is 70.3 Å². The molecule has 1 heterocycles. The van der Waals surface area contributed by atoms with Gasteiger partial charge < -0.3 is 15.4 Å². The number of hydrogen-bond acceptors (Lipinski definition) is 6. The van der Waals surface area contributed by atoms with Gasteiger partial charge in [0.2, 0.25) is 0 Å². The molecule has 3 N–H and O–H groups in total. The van der Waals surface area contributed by atoms with Crippen LogP contribution in [0.4, 0.5) is 11.5 Å². The topological polar surface area (TPSA) is 127 Å². The summed E-state index contributed by atoms with van der Waals surface area (Å²) in [6, 6.07) is 15.9. The van der Waals surface area contributed by atoms with Gasteiger partial charge in [-0.05, 0) is 23.3 Å². The van der Waals surface area contributed by atoms with Crippen molar-refractivity contribution in [2.75, 3.05) is 24.3 Å². The smallest absolute Gasteiger partial charge is 0.331 e. The lowest BCUT2D eigenvalue weighted by atomic mass is 10.2. The summed E-state index contributed by atoms with van der Waals surface area (Å²) < 4.78 is 6.10. The molecule has 2 aromatic carbocycles. The van der Waals surface area contributed by atoms with Crippen molar-refractivity contribution in [3.8, 4) is 0 Å². The highest BCUT2D eigenvalue weighted by molar-refractivity contribution is 6.32. The number of H-pyrrole nitrogens is 1. The number of carbonyl (C=O) groups is 2. The molecule has 10 heteroatoms. The SMILES string of the molecule is CN(C(=O)COC(=O)/C=C/c1ccccc1Cl)c1c(N)n(Cc2ccccc2)c(=O)[nH]c1=O. The van der Waals surface area contributed by atoms with Gasteiger partial charge in [0.1, 0.15) is 5.82 Å². The Morgan fingerprint density at radius 2 is 1.79 bits per heavy atom. The van der Waals surface area contributed by atoms with Crippen molar-refractivity contribution in [1.82, 2.24) is 9.55 Å². The second-order valence-electron chi connectivity index (χ2n) is 6.98. The molecule has 0 radical (unpaired) electrons. The molecule has 3 aromatic rings. The van der Waals surface area contributed by atoms with Crippen molar-refractivity contribution < 1.29 is 14.3 Å². The number of nitrogens with one attached hydrogen (secondary N) is 1. The average Bonchev–Trinajstić information content (AvgIpc) is 2.80. The van der Waals surface area contributed by atoms with Crippen LogP contribution in [-0.2, 0) is 20.9 Å². The number of anilines is 2. The highest BCUT2D eigenvalue weighted by Crippen LogP contribution is 2.17. The van der Waals surface area contributed by atoms with E-state index < -0.39 is 29.7 Å². The van der Waals surface area contributed by atoms with Gasteiger partial charge in [0.25, 0.3) is 11.5 Å². The van der Waals surface area contributed by atoms with E-state index in [4.69, 9.17) is 22.1 Å². The Labute approximate surface area is 193 Å². The molecule has 0 fully saturated rings. The number of amides is 1. The van der Waals surface area contributed by atoms with Crippen LogP contribution in [0.2, 0.25) is 5.02 Å². The Kier molecular flexibility index (Phi) is 7.47. The molecule has 0 aliphatic carbocycles. The molecule has 1 amide bonds. The molecule has 0 saturated heterocycles. The predicted molar refractivity (Wildman–Crippen MR) is 126 cm³/mol. The number of nitrogens with two attached hydrogens (primary N) is 1. The van der Waals surface area contributed by atoms with Gasteiger partial charge in [0.15, 0.2) is 12.3 Å². The maximum absolute atomic E-state index is 12.5. The van der Waals surface area contributed by atoms with Crippen LogP contribution < -0.4 is 21.9 Å². The third-order valence-corrected chi connectivity index (χ3v) is 5.09. The molecule has 0 aliphatic heterocycles. The zero-order chi connectivity index (χ0) is 24.0. The normalized spacial score (nSPS) is 10.8. The first-order valence-electron chi connectivity index (χ1n) is 9.80. The summed E-state index contributed by atoms with van der Waals surface area (Å²) in [5, 5.41) is 0.456. The van der Waals surface area contributed by atoms with E-state index in [0.29, 0.717) is 10.6 Å². The fourth-order valence-electron chi connectivity index (χ4n) is 3.00. The first-order valence-corrected chi connectivity index (χ1v) is 10.2. The Balaban J connectivity index is 1.72. The standard InChI is InChI=1S/C23H21ClN4O5/c1-27(18(29)14-33-19(30)12-11-16-9-5-6-10-17(16)24)20-21(25)28(23(32)26-22(20)31)13-15-7-3-2-4-8-15/h2-12H,13-14,25H2,1H3,(H,26,31,32)/b12-11+. The number of ether oxygens (including phenoxy) is 1. The van der Waals surface area contributed by atoms with Crippen LogP contribution in [0.3, 0.4) is 0 Å². The number of nitrogen functional groups attached to an aromatic ring is 1. The van der Waals surface area contributed by atoms with Gasteiger partial charge in [0, 0.05) is 18.1 Å². The van der Waals surface area contributed by atoms with Crippen LogP contribution >= 0.6 is 11.6 Å². The number of rotatable bonds is 7. The molecule has 9 nitrogen and oxygen atoms in total. The van der Waals surface area contributed by atoms with E-state index in [0.717, 1.165) is 21.1 Å². The summed E-state index contributed by atoms with van der Waals surface area (Å²) in [7, 11) is 1.30. The van der Waals surface area contributed by atoms with E-state index in [9.17, 15) is 19.2 Å². The highest BCUT2D eigenvalue weighted by Gasteiger charge is 2.21. The minimum atomic E-state index is -0.831. The van der Waals surface area contributed by atoms with Gasteiger partial charge in [-0.2, -0.15) is 0 Å². The molecule has 1 aromatic heterocycles. The number of nitrogens with zero attached hydrogens (tertiary/aromatic N) is 2. The van der Waals surface area contributed by atoms with Gasteiger partial charge in [-0.1, -0.05) is 60.1 Å². The van der Waals surface area contributed by atoms with Crippen molar-refractivity contribution in [2.24, 2.45) is 0 Å². The van der Waals surface area contributed by atoms with E-state index >= 15 is 0 Å². The molecular formula is C23H21ClN4O5. The van der Waals surface area contributed by atoms with Gasteiger partial charge in [-0.25, -0.2) is 9.59 Å². The number of carbonyl (C=O) groups excluding carboxylic acids is 2. The summed E-state index contributed by atoms with van der Waals surface area (Å²) in [4.78, 5) is 52.3. The Hall–Kier alpha value is -4.11. The number of aromatic amines is 1. The molecule has 170 valence electrons. The van der Waals surface area contributed by atoms with E-state index in [2.05, 4.69) is 4.98 Å². The summed E-state index contributed by atoms with van der Waals surface area (Å²) >= 11 is 6.02. The van der Waals surface area contributed by atoms with Gasteiger partial charge in [0.05, 0.1) is 6.54 Å². The zero-order valence-electron chi connectivity index (χ0n) is 17.7. The molecule has 0 aliphatic rings. The first-order chi connectivity index (χ1) is 15.8. The molecule has 3 rings (SSSR count). The van der Waals surface area contributed by atoms with Crippen molar-refractivity contribution >= 4 is 41.1 Å². The highest BCUT2D eigenvalue weighted by atomic mass is 35.5. The Bertz CT molecular complexity index is 1310. The lowest BCUT2D eigenvalue weighted by molar-refractivity contribution is -0.142. The third kappa shape index (κ3) is 5.78. The Morgan fingerprint density at radius 1 is 1.12 bits per heavy atom. The number of benzene rings is 2. The molecule has 0 saturated carbocycles. The lowest BCUT2D eigenvalue weighted by Gasteiger charge is -2.20. The maximum atomic E-state index is 12.5. The molecule has 0 bridgehead atoms. The molecule has 0 unspecified atom stereocenters. The van der Waals surface area contributed by atoms with Gasteiger partial charge >= 0.3 is 11.7 Å². The second-order valence-corrected chi connectivity index (χ2v) is 7.39. The zero-order valence-corrected chi connectivity index (χ0v) is 18.4. The molecule has 0 atom stereocenters. The van der Waals surface area contributed by atoms with Gasteiger partial charge in [-0.15, -0.1) is 0 Å². The molecular weight excluding hydrogens is 448 g/mol. The lowest BCUT2D eigenvalue weighted by Crippen LogP contribution is -2.40. The van der Waals surface area contributed by atoms with E-state index in [1.54, 1.807) is 48.5 Å². The largest absolute Gasteiger partial charge is 0.452 e. The maximum Gasteiger partial charge on any atom is 0.331 e. The van der Waals surface area contributed by atoms with Crippen LogP contribution in [-0.4, -0.2) is 35.1 Å². The molecule has 33 heavy (non-hydrogen) atoms. The fraction of sp³-hybridized carbons (Fsp3) is 0.130. The Morgan fingerprint density at radius 3 is 2.48 bits per heavy atom. The quantitative estimate of drug-likeness (QED) is 0.403. The van der Waals surface area contributed by atoms with Crippen molar-refractivity contribution in [3.63, 3.8) is 0 Å². The van der Waals surface area contributed by atoms with Crippen molar-refractivity contribution in [1.29, 1.82) is 0 Å². The van der Waals surface area contributed by atoms with Crippen molar-refractivity contribution in [3.05, 3.63) is 97.7 Å². The van der Waals surface area contributed by atoms with Crippen LogP contribution in [0, 0.1) is 0 Å². The fourth-order valence-corrected chi connectivity index (χ4v) is 3.19. The number of likely N-dealkylation sites (N-methyl/N-ethyl adjacent to an activating group) is 1. The summed E-state index contributed by atoms with van der Waals surface area (Å²) in [5.74, 6) is -1.67. The monoisotopic (exact) mass is 468 g/mol. The van der Waals surface area contributed by atoms with Crippen LogP contribution in [0.1, 0.15) is 11.1 Å². The van der Waals surface area contributed by atoms with E-state index in [1.807, 2.05) is 6.07 Å². The number of aromatic nitrogens is 2. The van der Waals surface area contributed by atoms with Crippen LogP contribution in [0.5, 0.6) is 0 Å². The molecule has 0 spiro atoms. The number of hydrogen-bond donors (Lipinski definition) is 2. The third-order valence-electron chi connectivity index (χ3n) is 4.75. The minimum absolute atomic E-state index is 0.0964. The summed E-state index contributed by atoms with van der Waals surface area (Å²) in [5.41, 5.74) is 5.70. The second kappa shape index (κ2) is 10.5. The summed E-state index contributed by atoms with van der Waals surface area (Å²) in [6.07, 6.45) is 2.59. The summed E-state index contributed by atoms with van der Waals surface area (Å²) in [6.45, 7) is -0.544. The van der Waals surface area contributed by atoms with Crippen LogP contribution in [0.25, 0.3) is 6.08 Å². The number of esters is 1. The van der Waals surface area contributed by atoms with E-state index in [1.165, 1.54) is 13.1 Å². The first kappa shape index (κ1) is 23.6. The van der Waals surface area contributed by atoms with Crippen molar-refractivity contribution in [2.45, 2.75) is 6.54 Å². The van der Waals surface area contributed by atoms with Gasteiger partial charge in [-0.3, -0.25) is 19.1 Å².